The maximum absolute atomic E-state index is 12.8. The average molecular weight is 498 g/mol. The van der Waals surface area contributed by atoms with Crippen molar-refractivity contribution < 1.29 is 28.5 Å². The van der Waals surface area contributed by atoms with E-state index in [0.717, 1.165) is 0 Å². The van der Waals surface area contributed by atoms with Gasteiger partial charge in [0.2, 0.25) is 6.04 Å². The Bertz CT molecular complexity index is 1050. The van der Waals surface area contributed by atoms with Gasteiger partial charge in [0.15, 0.2) is 23.0 Å². The highest BCUT2D eigenvalue weighted by Gasteiger charge is 2.25. The monoisotopic (exact) mass is 497 g/mol. The molecular weight excluding hydrogens is 473 g/mol. The Morgan fingerprint density at radius 1 is 1.03 bits per heavy atom. The highest BCUT2D eigenvalue weighted by atomic mass is 35.5. The van der Waals surface area contributed by atoms with Gasteiger partial charge in [0, 0.05) is 12.1 Å². The Kier molecular flexibility index (Phi) is 9.74. The molecule has 33 heavy (non-hydrogen) atoms. The van der Waals surface area contributed by atoms with Crippen molar-refractivity contribution in [3.8, 4) is 23.0 Å². The molecule has 0 aromatic heterocycles. The van der Waals surface area contributed by atoms with Crippen LogP contribution in [-0.2, 0) is 9.59 Å². The van der Waals surface area contributed by atoms with Crippen LogP contribution in [0.15, 0.2) is 34.5 Å². The van der Waals surface area contributed by atoms with Crippen LogP contribution >= 0.6 is 23.2 Å². The number of methoxy groups -OCH3 is 2. The van der Waals surface area contributed by atoms with Gasteiger partial charge in [0.25, 0.3) is 5.91 Å². The molecule has 0 spiro atoms. The summed E-state index contributed by atoms with van der Waals surface area (Å²) in [7, 11) is 2.88. The van der Waals surface area contributed by atoms with Crippen molar-refractivity contribution in [3.05, 3.63) is 34.3 Å². The number of nitrogens with one attached hydrogen (secondary N) is 1. The number of ketones is 1. The van der Waals surface area contributed by atoms with Crippen molar-refractivity contribution >= 4 is 46.3 Å². The van der Waals surface area contributed by atoms with Crippen LogP contribution in [0, 0.1) is 0 Å². The second-order valence-corrected chi connectivity index (χ2v) is 7.29. The third-order valence-corrected chi connectivity index (χ3v) is 4.91. The first-order chi connectivity index (χ1) is 15.8. The van der Waals surface area contributed by atoms with Gasteiger partial charge in [-0.3, -0.25) is 9.59 Å². The van der Waals surface area contributed by atoms with E-state index in [9.17, 15) is 9.59 Å². The van der Waals surface area contributed by atoms with Crippen molar-refractivity contribution in [3.63, 3.8) is 0 Å². The third-order valence-electron chi connectivity index (χ3n) is 4.25. The fourth-order valence-electron chi connectivity index (χ4n) is 2.79. The number of benzene rings is 2. The van der Waals surface area contributed by atoms with Crippen molar-refractivity contribution in [2.45, 2.75) is 26.8 Å². The van der Waals surface area contributed by atoms with Crippen LogP contribution in [0.1, 0.15) is 20.8 Å². The molecule has 0 aliphatic carbocycles. The number of azo groups is 1. The van der Waals surface area contributed by atoms with E-state index in [1.165, 1.54) is 27.2 Å². The molecule has 0 aliphatic rings. The zero-order valence-electron chi connectivity index (χ0n) is 18.9. The third kappa shape index (κ3) is 6.49. The zero-order valence-corrected chi connectivity index (χ0v) is 20.4. The first-order valence-corrected chi connectivity index (χ1v) is 10.7. The van der Waals surface area contributed by atoms with Crippen molar-refractivity contribution in [1.82, 2.24) is 0 Å². The SMILES string of the molecule is CCOc1cc(Cl)c(OCC)c(N=NC(C(C)=O)C(=O)Nc2ccc(OC)c(OC)c2Cl)c1. The van der Waals surface area contributed by atoms with Crippen molar-refractivity contribution in [2.75, 3.05) is 32.8 Å². The number of anilines is 1. The predicted octanol–water partition coefficient (Wildman–Crippen LogP) is 5.49. The Labute approximate surface area is 202 Å². The molecule has 0 bridgehead atoms. The van der Waals surface area contributed by atoms with E-state index in [0.29, 0.717) is 24.7 Å². The Hall–Kier alpha value is -3.04. The van der Waals surface area contributed by atoms with E-state index in [4.69, 9.17) is 42.1 Å². The second kappa shape index (κ2) is 12.3. The van der Waals surface area contributed by atoms with Gasteiger partial charge in [0.05, 0.1) is 38.1 Å². The molecule has 2 aromatic carbocycles. The number of ether oxygens (including phenoxy) is 4. The molecule has 0 saturated carbocycles. The van der Waals surface area contributed by atoms with Gasteiger partial charge in [-0.15, -0.1) is 0 Å². The highest BCUT2D eigenvalue weighted by molar-refractivity contribution is 6.35. The van der Waals surface area contributed by atoms with Crippen LogP contribution in [0.5, 0.6) is 23.0 Å². The normalized spacial score (nSPS) is 11.7. The van der Waals surface area contributed by atoms with E-state index in [1.807, 2.05) is 6.92 Å². The number of halogens is 2. The standard InChI is InChI=1S/C22H25Cl2N3O6/c1-6-32-13-10-14(23)20(33-7-2)16(11-13)26-27-19(12(3)28)22(29)25-15-8-9-17(30-4)21(31-5)18(15)24/h8-11,19H,6-7H2,1-5H3,(H,25,29). The Morgan fingerprint density at radius 3 is 2.30 bits per heavy atom. The summed E-state index contributed by atoms with van der Waals surface area (Å²) in [5.74, 6) is 0.0700. The Balaban J connectivity index is 2.37. The van der Waals surface area contributed by atoms with Crippen LogP contribution < -0.4 is 24.3 Å². The predicted molar refractivity (Wildman–Crippen MR) is 126 cm³/mol. The molecule has 2 rings (SSSR count). The van der Waals surface area contributed by atoms with Gasteiger partial charge in [-0.1, -0.05) is 23.2 Å². The van der Waals surface area contributed by atoms with Crippen LogP contribution in [0.3, 0.4) is 0 Å². The lowest BCUT2D eigenvalue weighted by Crippen LogP contribution is -2.32. The number of nitrogens with zero attached hydrogens (tertiary/aromatic N) is 2. The molecule has 0 radical (unpaired) electrons. The summed E-state index contributed by atoms with van der Waals surface area (Å²) in [5.41, 5.74) is 0.438. The minimum Gasteiger partial charge on any atom is -0.494 e. The summed E-state index contributed by atoms with van der Waals surface area (Å²) in [6, 6.07) is 4.79. The molecule has 1 atom stereocenters. The number of amides is 1. The molecule has 9 nitrogen and oxygen atoms in total. The van der Waals surface area contributed by atoms with Gasteiger partial charge >= 0.3 is 0 Å². The fraction of sp³-hybridized carbons (Fsp3) is 0.364. The fourth-order valence-corrected chi connectivity index (χ4v) is 3.33. The molecule has 0 saturated heterocycles. The van der Waals surface area contributed by atoms with Gasteiger partial charge in [0.1, 0.15) is 16.5 Å². The number of carbonyl (C=O) groups is 2. The summed E-state index contributed by atoms with van der Waals surface area (Å²) >= 11 is 12.6. The summed E-state index contributed by atoms with van der Waals surface area (Å²) in [5, 5.41) is 11.0. The molecule has 1 amide bonds. The van der Waals surface area contributed by atoms with E-state index >= 15 is 0 Å². The van der Waals surface area contributed by atoms with Crippen LogP contribution in [0.4, 0.5) is 11.4 Å². The van der Waals surface area contributed by atoms with Crippen molar-refractivity contribution in [1.29, 1.82) is 0 Å². The molecule has 1 N–H and O–H groups in total. The molecule has 1 unspecified atom stereocenters. The summed E-state index contributed by atoms with van der Waals surface area (Å²) in [6.07, 6.45) is 0. The second-order valence-electron chi connectivity index (χ2n) is 6.50. The Morgan fingerprint density at radius 2 is 1.73 bits per heavy atom. The molecule has 0 aliphatic heterocycles. The lowest BCUT2D eigenvalue weighted by Gasteiger charge is -2.15. The maximum atomic E-state index is 12.8. The maximum Gasteiger partial charge on any atom is 0.258 e. The highest BCUT2D eigenvalue weighted by Crippen LogP contribution is 2.41. The summed E-state index contributed by atoms with van der Waals surface area (Å²) in [4.78, 5) is 25.0. The molecular formula is C22H25Cl2N3O6. The quantitative estimate of drug-likeness (QED) is 0.324. The van der Waals surface area contributed by atoms with E-state index in [1.54, 1.807) is 25.1 Å². The van der Waals surface area contributed by atoms with Gasteiger partial charge < -0.3 is 24.3 Å². The largest absolute Gasteiger partial charge is 0.494 e. The first kappa shape index (κ1) is 26.2. The molecule has 0 fully saturated rings. The first-order valence-electron chi connectivity index (χ1n) is 9.99. The summed E-state index contributed by atoms with van der Waals surface area (Å²) < 4.78 is 21.4. The zero-order chi connectivity index (χ0) is 24.5. The van der Waals surface area contributed by atoms with Gasteiger partial charge in [-0.05, 0) is 32.9 Å². The smallest absolute Gasteiger partial charge is 0.258 e. The average Bonchev–Trinajstić information content (AvgIpc) is 2.77. The summed E-state index contributed by atoms with van der Waals surface area (Å²) in [6.45, 7) is 5.57. The van der Waals surface area contributed by atoms with Crippen LogP contribution in [-0.4, -0.2) is 45.2 Å². The van der Waals surface area contributed by atoms with Crippen molar-refractivity contribution in [2.24, 2.45) is 10.2 Å². The van der Waals surface area contributed by atoms with Crippen LogP contribution in [0.2, 0.25) is 10.0 Å². The number of hydrogen-bond acceptors (Lipinski definition) is 8. The van der Waals surface area contributed by atoms with E-state index in [-0.39, 0.29) is 32.9 Å². The minimum absolute atomic E-state index is 0.110. The van der Waals surface area contributed by atoms with E-state index < -0.39 is 17.7 Å². The molecule has 11 heteroatoms. The lowest BCUT2D eigenvalue weighted by atomic mass is 10.2. The van der Waals surface area contributed by atoms with Gasteiger partial charge in [-0.25, -0.2) is 0 Å². The molecule has 178 valence electrons. The molecule has 2 aromatic rings. The number of hydrogen-bond donors (Lipinski definition) is 1. The molecule has 0 heterocycles. The number of Topliss-reactive ketones (excluding diaryl/α,β-unsaturated/α-hetero) is 1. The van der Waals surface area contributed by atoms with E-state index in [2.05, 4.69) is 15.5 Å². The van der Waals surface area contributed by atoms with Crippen LogP contribution in [0.25, 0.3) is 0 Å². The van der Waals surface area contributed by atoms with Gasteiger partial charge in [-0.2, -0.15) is 10.2 Å². The lowest BCUT2D eigenvalue weighted by molar-refractivity contribution is -0.126. The number of rotatable bonds is 11. The number of carbonyl (C=O) groups excluding carboxylic acids is 2. The minimum atomic E-state index is -1.45. The topological polar surface area (TPSA) is 108 Å².